The van der Waals surface area contributed by atoms with E-state index in [4.69, 9.17) is 9.47 Å². The lowest BCUT2D eigenvalue weighted by atomic mass is 9.79. The van der Waals surface area contributed by atoms with E-state index >= 15 is 0 Å². The molecule has 9 heteroatoms. The minimum Gasteiger partial charge on any atom is -0.382 e. The highest BCUT2D eigenvalue weighted by molar-refractivity contribution is 5.85. The summed E-state index contributed by atoms with van der Waals surface area (Å²) in [5, 5.41) is 0. The number of nitrogens with one attached hydrogen (secondary N) is 1. The molecule has 0 bridgehead atoms. The maximum Gasteiger partial charge on any atom is 0.326 e. The van der Waals surface area contributed by atoms with Crippen LogP contribution in [0.25, 0.3) is 11.0 Å². The lowest BCUT2D eigenvalue weighted by Gasteiger charge is -2.48. The predicted molar refractivity (Wildman–Crippen MR) is 118 cm³/mol. The predicted octanol–water partition coefficient (Wildman–Crippen LogP) is 4.03. The summed E-state index contributed by atoms with van der Waals surface area (Å²) >= 11 is 0. The Hall–Kier alpha value is -1.48. The van der Waals surface area contributed by atoms with Crippen LogP contribution in [-0.2, 0) is 9.47 Å². The second-order valence-electron chi connectivity index (χ2n) is 8.86. The van der Waals surface area contributed by atoms with Crippen molar-refractivity contribution in [3.8, 4) is 0 Å². The van der Waals surface area contributed by atoms with Crippen LogP contribution in [0, 0.1) is 11.6 Å². The summed E-state index contributed by atoms with van der Waals surface area (Å²) in [6, 6.07) is 2.00. The number of halogens is 3. The zero-order chi connectivity index (χ0) is 21.3. The Morgan fingerprint density at radius 3 is 2.45 bits per heavy atom. The van der Waals surface area contributed by atoms with Gasteiger partial charge in [0.25, 0.3) is 0 Å². The molecule has 1 aliphatic heterocycles. The molecule has 1 aromatic heterocycles. The van der Waals surface area contributed by atoms with Crippen LogP contribution < -0.4 is 5.69 Å². The van der Waals surface area contributed by atoms with E-state index in [-0.39, 0.29) is 35.2 Å². The van der Waals surface area contributed by atoms with Crippen LogP contribution in [0.1, 0.15) is 51.5 Å². The minimum absolute atomic E-state index is 0. The molecular weight excluding hydrogens is 428 g/mol. The number of benzene rings is 1. The van der Waals surface area contributed by atoms with E-state index < -0.39 is 11.6 Å². The molecule has 4 rings (SSSR count). The maximum absolute atomic E-state index is 14.0. The molecule has 0 amide bonds. The molecule has 1 saturated carbocycles. The first-order valence-electron chi connectivity index (χ1n) is 10.9. The second-order valence-corrected chi connectivity index (χ2v) is 8.86. The van der Waals surface area contributed by atoms with Crippen molar-refractivity contribution in [3.63, 3.8) is 0 Å². The van der Waals surface area contributed by atoms with Gasteiger partial charge in [-0.1, -0.05) is 0 Å². The topological polar surface area (TPSA) is 59.5 Å². The second kappa shape index (κ2) is 9.98. The Kier molecular flexibility index (Phi) is 7.78. The van der Waals surface area contributed by atoms with Crippen molar-refractivity contribution in [2.75, 3.05) is 33.4 Å². The molecule has 2 aromatic rings. The van der Waals surface area contributed by atoms with Crippen LogP contribution in [-0.4, -0.2) is 59.5 Å². The number of piperidine rings is 1. The monoisotopic (exact) mass is 459 g/mol. The summed E-state index contributed by atoms with van der Waals surface area (Å²) in [6.07, 6.45) is 6.13. The normalized spacial score (nSPS) is 25.6. The smallest absolute Gasteiger partial charge is 0.326 e. The van der Waals surface area contributed by atoms with Gasteiger partial charge in [0.2, 0.25) is 0 Å². The number of aromatic nitrogens is 2. The molecule has 0 spiro atoms. The molecule has 1 N–H and O–H groups in total. The number of fused-ring (bicyclic) bond motifs is 1. The molecule has 2 aliphatic rings. The van der Waals surface area contributed by atoms with Crippen LogP contribution in [0.15, 0.2) is 16.9 Å². The molecule has 2 heterocycles. The van der Waals surface area contributed by atoms with E-state index in [1.165, 1.54) is 6.07 Å². The Morgan fingerprint density at radius 1 is 1.13 bits per heavy atom. The molecule has 31 heavy (non-hydrogen) atoms. The van der Waals surface area contributed by atoms with Gasteiger partial charge in [0, 0.05) is 43.9 Å². The standard InChI is InChI=1S/C22H31F2N3O3.ClH/c1-22(7-3-17(4-8-22)30-12-11-29-2)26-9-5-16(6-10-26)27-19-14-15(23)13-18(24)20(19)25-21(27)28;/h13-14,16-17H,3-12H2,1-2H3,(H,25,28);1H/t17-,22-;. The largest absolute Gasteiger partial charge is 0.382 e. The molecule has 1 aromatic carbocycles. The fourth-order valence-corrected chi connectivity index (χ4v) is 5.17. The third-order valence-electron chi connectivity index (χ3n) is 6.99. The highest BCUT2D eigenvalue weighted by Gasteiger charge is 2.38. The van der Waals surface area contributed by atoms with Crippen molar-refractivity contribution in [3.05, 3.63) is 34.3 Å². The van der Waals surface area contributed by atoms with E-state index in [1.807, 2.05) is 0 Å². The van der Waals surface area contributed by atoms with Gasteiger partial charge < -0.3 is 14.5 Å². The fourth-order valence-electron chi connectivity index (χ4n) is 5.17. The van der Waals surface area contributed by atoms with Gasteiger partial charge in [0.05, 0.1) is 24.8 Å². The molecule has 174 valence electrons. The zero-order valence-corrected chi connectivity index (χ0v) is 19.0. The minimum atomic E-state index is -0.727. The summed E-state index contributed by atoms with van der Waals surface area (Å²) in [4.78, 5) is 17.6. The molecular formula is C22H32ClF2N3O3. The van der Waals surface area contributed by atoms with Crippen LogP contribution in [0.2, 0.25) is 0 Å². The van der Waals surface area contributed by atoms with Gasteiger partial charge in [-0.2, -0.15) is 0 Å². The number of hydrogen-bond donors (Lipinski definition) is 1. The quantitative estimate of drug-likeness (QED) is 0.662. The molecule has 0 unspecified atom stereocenters. The van der Waals surface area contributed by atoms with Crippen LogP contribution >= 0.6 is 12.4 Å². The molecule has 1 saturated heterocycles. The number of nitrogens with zero attached hydrogens (tertiary/aromatic N) is 2. The molecule has 2 fully saturated rings. The number of methoxy groups -OCH3 is 1. The summed E-state index contributed by atoms with van der Waals surface area (Å²) in [6.45, 7) is 5.33. The van der Waals surface area contributed by atoms with Crippen molar-refractivity contribution in [2.45, 2.75) is 63.1 Å². The first-order valence-corrected chi connectivity index (χ1v) is 10.9. The number of aromatic amines is 1. The average Bonchev–Trinajstić information content (AvgIpc) is 3.06. The summed E-state index contributed by atoms with van der Waals surface area (Å²) in [5.74, 6) is -1.39. The number of hydrogen-bond acceptors (Lipinski definition) is 4. The third-order valence-corrected chi connectivity index (χ3v) is 6.99. The number of likely N-dealkylation sites (tertiary alicyclic amines) is 1. The number of ether oxygens (including phenoxy) is 2. The number of rotatable bonds is 6. The van der Waals surface area contributed by atoms with E-state index in [0.717, 1.165) is 57.7 Å². The first kappa shape index (κ1) is 24.2. The average molecular weight is 460 g/mol. The number of H-pyrrole nitrogens is 1. The van der Waals surface area contributed by atoms with Crippen molar-refractivity contribution >= 4 is 23.4 Å². The highest BCUT2D eigenvalue weighted by atomic mass is 35.5. The van der Waals surface area contributed by atoms with Crippen molar-refractivity contribution in [1.82, 2.24) is 14.5 Å². The van der Waals surface area contributed by atoms with Crippen molar-refractivity contribution < 1.29 is 18.3 Å². The van der Waals surface area contributed by atoms with Crippen LogP contribution in [0.5, 0.6) is 0 Å². The maximum atomic E-state index is 14.0. The number of imidazole rings is 1. The Balaban J connectivity index is 0.00000272. The SMILES string of the molecule is COCCO[C@H]1CC[C@](C)(N2CCC(n3c(=O)[nH]c4c(F)cc(F)cc43)CC2)CC1.Cl. The van der Waals surface area contributed by atoms with E-state index in [0.29, 0.717) is 24.8 Å². The van der Waals surface area contributed by atoms with Gasteiger partial charge in [0.15, 0.2) is 5.82 Å². The Morgan fingerprint density at radius 2 is 1.81 bits per heavy atom. The Labute approximate surface area is 187 Å². The van der Waals surface area contributed by atoms with E-state index in [9.17, 15) is 13.6 Å². The first-order chi connectivity index (χ1) is 14.4. The van der Waals surface area contributed by atoms with Gasteiger partial charge in [0.1, 0.15) is 11.3 Å². The molecule has 6 nitrogen and oxygen atoms in total. The highest BCUT2D eigenvalue weighted by Crippen LogP contribution is 2.38. The van der Waals surface area contributed by atoms with Gasteiger partial charge in [-0.3, -0.25) is 9.47 Å². The van der Waals surface area contributed by atoms with Gasteiger partial charge in [-0.25, -0.2) is 13.6 Å². The van der Waals surface area contributed by atoms with E-state index in [2.05, 4.69) is 16.8 Å². The van der Waals surface area contributed by atoms with E-state index in [1.54, 1.807) is 11.7 Å². The lowest BCUT2D eigenvalue weighted by Crippen LogP contribution is -2.53. The lowest BCUT2D eigenvalue weighted by molar-refractivity contribution is -0.0419. The van der Waals surface area contributed by atoms with Crippen molar-refractivity contribution in [2.24, 2.45) is 0 Å². The van der Waals surface area contributed by atoms with Crippen molar-refractivity contribution in [1.29, 1.82) is 0 Å². The van der Waals surface area contributed by atoms with Gasteiger partial charge >= 0.3 is 5.69 Å². The molecule has 0 radical (unpaired) electrons. The summed E-state index contributed by atoms with van der Waals surface area (Å²) in [5.41, 5.74) is 0.168. The summed E-state index contributed by atoms with van der Waals surface area (Å²) < 4.78 is 40.3. The van der Waals surface area contributed by atoms with Gasteiger partial charge in [-0.15, -0.1) is 12.4 Å². The summed E-state index contributed by atoms with van der Waals surface area (Å²) in [7, 11) is 1.68. The third kappa shape index (κ3) is 4.97. The zero-order valence-electron chi connectivity index (χ0n) is 18.2. The molecule has 0 atom stereocenters. The van der Waals surface area contributed by atoms with Gasteiger partial charge in [-0.05, 0) is 45.4 Å². The molecule has 1 aliphatic carbocycles. The van der Waals surface area contributed by atoms with Crippen LogP contribution in [0.3, 0.4) is 0 Å². The van der Waals surface area contributed by atoms with Crippen LogP contribution in [0.4, 0.5) is 8.78 Å². The Bertz CT molecular complexity index is 932. The fraction of sp³-hybridized carbons (Fsp3) is 0.682.